The van der Waals surface area contributed by atoms with E-state index in [1.165, 1.54) is 0 Å². The van der Waals surface area contributed by atoms with Gasteiger partial charge in [0.05, 0.1) is 6.20 Å². The molecule has 1 aliphatic heterocycles. The predicted octanol–water partition coefficient (Wildman–Crippen LogP) is 1.39. The molecule has 2 N–H and O–H groups in total. The van der Waals surface area contributed by atoms with E-state index >= 15 is 0 Å². The van der Waals surface area contributed by atoms with Crippen LogP contribution >= 0.6 is 0 Å². The summed E-state index contributed by atoms with van der Waals surface area (Å²) in [6.45, 7) is 1.27. The Balaban J connectivity index is 1.60. The second kappa shape index (κ2) is 5.10. The Hall–Kier alpha value is -2.96. The van der Waals surface area contributed by atoms with Crippen molar-refractivity contribution in [3.63, 3.8) is 0 Å². The Labute approximate surface area is 126 Å². The van der Waals surface area contributed by atoms with Crippen molar-refractivity contribution in [2.75, 3.05) is 6.54 Å². The minimum atomic E-state index is 0.00190. The number of hydrogen-bond donors (Lipinski definition) is 2. The van der Waals surface area contributed by atoms with Crippen LogP contribution in [0.2, 0.25) is 0 Å². The van der Waals surface area contributed by atoms with Crippen LogP contribution in [0, 0.1) is 0 Å². The van der Waals surface area contributed by atoms with Crippen LogP contribution in [0.3, 0.4) is 0 Å². The van der Waals surface area contributed by atoms with E-state index in [0.29, 0.717) is 30.2 Å². The van der Waals surface area contributed by atoms with Gasteiger partial charge in [-0.05, 0) is 12.1 Å². The smallest absolute Gasteiger partial charge is 0.254 e. The van der Waals surface area contributed by atoms with E-state index in [-0.39, 0.29) is 5.91 Å². The number of nitrogens with zero attached hydrogens (tertiary/aromatic N) is 4. The van der Waals surface area contributed by atoms with Crippen molar-refractivity contribution in [1.82, 2.24) is 30.0 Å². The number of rotatable bonds is 2. The van der Waals surface area contributed by atoms with Gasteiger partial charge in [0.25, 0.3) is 5.91 Å². The van der Waals surface area contributed by atoms with E-state index in [4.69, 9.17) is 0 Å². The molecule has 1 amide bonds. The lowest BCUT2D eigenvalue weighted by atomic mass is 10.1. The van der Waals surface area contributed by atoms with Crippen molar-refractivity contribution in [1.29, 1.82) is 0 Å². The summed E-state index contributed by atoms with van der Waals surface area (Å²) in [5, 5.41) is 7.01. The molecular weight excluding hydrogens is 280 g/mol. The number of carbonyl (C=O) groups excluding carboxylic acids is 1. The summed E-state index contributed by atoms with van der Waals surface area (Å²) in [7, 11) is 0. The molecule has 22 heavy (non-hydrogen) atoms. The standard InChI is InChI=1S/C15H14N6O/c22-15(21-6-2-12-11(9-21)8-19-20-12)10-1-3-16-13(7-10)14-17-4-5-18-14/h1,3-5,7-8H,2,6,9H2,(H,17,18)(H,19,20). The van der Waals surface area contributed by atoms with E-state index in [9.17, 15) is 4.79 Å². The molecule has 0 aromatic carbocycles. The van der Waals surface area contributed by atoms with Gasteiger partial charge in [0, 0.05) is 54.9 Å². The highest BCUT2D eigenvalue weighted by molar-refractivity contribution is 5.95. The van der Waals surface area contributed by atoms with Crippen LogP contribution in [0.4, 0.5) is 0 Å². The summed E-state index contributed by atoms with van der Waals surface area (Å²) in [5.74, 6) is 0.660. The summed E-state index contributed by atoms with van der Waals surface area (Å²) >= 11 is 0. The average Bonchev–Trinajstić information content (AvgIpc) is 3.25. The third kappa shape index (κ3) is 2.16. The quantitative estimate of drug-likeness (QED) is 0.747. The lowest BCUT2D eigenvalue weighted by molar-refractivity contribution is 0.0734. The van der Waals surface area contributed by atoms with Crippen molar-refractivity contribution < 1.29 is 4.79 Å². The molecule has 110 valence electrons. The second-order valence-corrected chi connectivity index (χ2v) is 5.22. The van der Waals surface area contributed by atoms with Crippen molar-refractivity contribution >= 4 is 5.91 Å². The molecule has 1 aliphatic rings. The largest absolute Gasteiger partial charge is 0.343 e. The van der Waals surface area contributed by atoms with E-state index in [1.807, 2.05) is 4.90 Å². The van der Waals surface area contributed by atoms with Gasteiger partial charge in [-0.2, -0.15) is 5.10 Å². The zero-order valence-electron chi connectivity index (χ0n) is 11.8. The fourth-order valence-corrected chi connectivity index (χ4v) is 2.68. The summed E-state index contributed by atoms with van der Waals surface area (Å²) in [6, 6.07) is 3.51. The van der Waals surface area contributed by atoms with Crippen LogP contribution < -0.4 is 0 Å². The number of carbonyl (C=O) groups is 1. The van der Waals surface area contributed by atoms with E-state index < -0.39 is 0 Å². The van der Waals surface area contributed by atoms with Crippen LogP contribution in [0.1, 0.15) is 21.6 Å². The lowest BCUT2D eigenvalue weighted by Gasteiger charge is -2.26. The molecule has 0 radical (unpaired) electrons. The average molecular weight is 294 g/mol. The molecule has 0 aliphatic carbocycles. The van der Waals surface area contributed by atoms with Gasteiger partial charge in [-0.25, -0.2) is 4.98 Å². The second-order valence-electron chi connectivity index (χ2n) is 5.22. The maximum atomic E-state index is 12.7. The fraction of sp³-hybridized carbons (Fsp3) is 0.200. The molecule has 4 heterocycles. The number of imidazole rings is 1. The maximum Gasteiger partial charge on any atom is 0.254 e. The molecule has 3 aromatic heterocycles. The molecule has 0 spiro atoms. The van der Waals surface area contributed by atoms with Gasteiger partial charge < -0.3 is 9.88 Å². The molecule has 0 fully saturated rings. The molecule has 3 aromatic rings. The van der Waals surface area contributed by atoms with Gasteiger partial charge >= 0.3 is 0 Å². The monoisotopic (exact) mass is 294 g/mol. The van der Waals surface area contributed by atoms with Crippen molar-refractivity contribution in [3.05, 3.63) is 53.7 Å². The first-order valence-electron chi connectivity index (χ1n) is 7.07. The molecule has 0 bridgehead atoms. The van der Waals surface area contributed by atoms with Crippen molar-refractivity contribution in [3.8, 4) is 11.5 Å². The number of hydrogen-bond acceptors (Lipinski definition) is 4. The summed E-state index contributed by atoms with van der Waals surface area (Å²) in [4.78, 5) is 25.9. The first-order chi connectivity index (χ1) is 10.8. The summed E-state index contributed by atoms with van der Waals surface area (Å²) in [5.41, 5.74) is 3.49. The van der Waals surface area contributed by atoms with Gasteiger partial charge in [0.1, 0.15) is 5.69 Å². The summed E-state index contributed by atoms with van der Waals surface area (Å²) in [6.07, 6.45) is 7.62. The molecule has 4 rings (SSSR count). The van der Waals surface area contributed by atoms with E-state index in [0.717, 1.165) is 17.7 Å². The fourth-order valence-electron chi connectivity index (χ4n) is 2.68. The summed E-state index contributed by atoms with van der Waals surface area (Å²) < 4.78 is 0. The van der Waals surface area contributed by atoms with Gasteiger partial charge in [0.15, 0.2) is 5.82 Å². The number of fused-ring (bicyclic) bond motifs is 1. The zero-order valence-corrected chi connectivity index (χ0v) is 11.8. The van der Waals surface area contributed by atoms with Gasteiger partial charge in [-0.15, -0.1) is 0 Å². The number of amides is 1. The molecular formula is C15H14N6O. The first-order valence-corrected chi connectivity index (χ1v) is 7.07. The first kappa shape index (κ1) is 12.8. The highest BCUT2D eigenvalue weighted by Crippen LogP contribution is 2.20. The number of aromatic nitrogens is 5. The van der Waals surface area contributed by atoms with Crippen molar-refractivity contribution in [2.45, 2.75) is 13.0 Å². The Kier molecular flexibility index (Phi) is 2.96. The van der Waals surface area contributed by atoms with E-state index in [2.05, 4.69) is 25.1 Å². The lowest BCUT2D eigenvalue weighted by Crippen LogP contribution is -2.35. The van der Waals surface area contributed by atoms with Crippen LogP contribution in [0.25, 0.3) is 11.5 Å². The highest BCUT2D eigenvalue weighted by atomic mass is 16.2. The Morgan fingerprint density at radius 2 is 2.23 bits per heavy atom. The van der Waals surface area contributed by atoms with E-state index in [1.54, 1.807) is 36.9 Å². The van der Waals surface area contributed by atoms with Crippen LogP contribution in [0.5, 0.6) is 0 Å². The number of pyridine rings is 1. The molecule has 0 saturated carbocycles. The minimum Gasteiger partial charge on any atom is -0.343 e. The number of nitrogens with one attached hydrogen (secondary N) is 2. The SMILES string of the molecule is O=C(c1ccnc(-c2ncc[nH]2)c1)N1CCc2[nH]ncc2C1. The number of aromatic amines is 2. The third-order valence-electron chi connectivity index (χ3n) is 3.84. The predicted molar refractivity (Wildman–Crippen MR) is 78.9 cm³/mol. The minimum absolute atomic E-state index is 0.00190. The van der Waals surface area contributed by atoms with Crippen LogP contribution in [-0.4, -0.2) is 42.5 Å². The van der Waals surface area contributed by atoms with Gasteiger partial charge in [-0.3, -0.25) is 14.9 Å². The normalized spacial score (nSPS) is 13.9. The molecule has 0 unspecified atom stereocenters. The molecule has 7 heteroatoms. The van der Waals surface area contributed by atoms with Crippen LogP contribution in [-0.2, 0) is 13.0 Å². The van der Waals surface area contributed by atoms with Gasteiger partial charge in [0.2, 0.25) is 0 Å². The molecule has 7 nitrogen and oxygen atoms in total. The highest BCUT2D eigenvalue weighted by Gasteiger charge is 2.23. The third-order valence-corrected chi connectivity index (χ3v) is 3.84. The van der Waals surface area contributed by atoms with Crippen LogP contribution in [0.15, 0.2) is 36.9 Å². The number of H-pyrrole nitrogens is 2. The van der Waals surface area contributed by atoms with Gasteiger partial charge in [-0.1, -0.05) is 0 Å². The molecule has 0 atom stereocenters. The zero-order chi connectivity index (χ0) is 14.9. The Morgan fingerprint density at radius 3 is 3.09 bits per heavy atom. The molecule has 0 saturated heterocycles. The maximum absolute atomic E-state index is 12.7. The topological polar surface area (TPSA) is 90.6 Å². The Bertz CT molecular complexity index is 807. The van der Waals surface area contributed by atoms with Crippen molar-refractivity contribution in [2.24, 2.45) is 0 Å². The Morgan fingerprint density at radius 1 is 1.27 bits per heavy atom.